The number of hydrogen-bond acceptors (Lipinski definition) is 5. The van der Waals surface area contributed by atoms with Crippen LogP contribution in [0.1, 0.15) is 36.7 Å². The Morgan fingerprint density at radius 1 is 1.25 bits per heavy atom. The number of aromatic nitrogens is 2. The van der Waals surface area contributed by atoms with Crippen molar-refractivity contribution >= 4 is 35.0 Å². The summed E-state index contributed by atoms with van der Waals surface area (Å²) < 4.78 is 7.24. The molecule has 32 heavy (non-hydrogen) atoms. The monoisotopic (exact) mass is 471 g/mol. The summed E-state index contributed by atoms with van der Waals surface area (Å²) in [5.41, 5.74) is 3.32. The zero-order valence-electron chi connectivity index (χ0n) is 18.0. The third kappa shape index (κ3) is 4.12. The van der Waals surface area contributed by atoms with Crippen molar-refractivity contribution in [2.24, 2.45) is 0 Å². The van der Waals surface area contributed by atoms with Gasteiger partial charge in [-0.1, -0.05) is 47.5 Å². The predicted molar refractivity (Wildman–Crippen MR) is 126 cm³/mol. The first kappa shape index (κ1) is 22.4. The van der Waals surface area contributed by atoms with E-state index in [0.717, 1.165) is 11.1 Å². The fourth-order valence-electron chi connectivity index (χ4n) is 4.23. The molecule has 6 nitrogen and oxygen atoms in total. The van der Waals surface area contributed by atoms with Crippen LogP contribution in [0, 0.1) is 6.92 Å². The van der Waals surface area contributed by atoms with E-state index in [1.54, 1.807) is 22.8 Å². The van der Waals surface area contributed by atoms with Gasteiger partial charge in [0.15, 0.2) is 0 Å². The molecule has 0 fully saturated rings. The van der Waals surface area contributed by atoms with E-state index in [1.807, 2.05) is 38.1 Å². The summed E-state index contributed by atoms with van der Waals surface area (Å²) in [6.45, 7) is 5.56. The SMILES string of the molecule is CCn1c(N[C@H]2c3ccccc3C[C@@H]2OC(C)=O)c(C)nc(-c2ccc(Cl)cc2Cl)c1=O. The molecule has 0 spiro atoms. The van der Waals surface area contributed by atoms with Gasteiger partial charge in [0, 0.05) is 30.5 Å². The van der Waals surface area contributed by atoms with Crippen LogP contribution in [0.5, 0.6) is 0 Å². The van der Waals surface area contributed by atoms with Crippen molar-refractivity contribution < 1.29 is 9.53 Å². The highest BCUT2D eigenvalue weighted by Gasteiger charge is 2.35. The molecule has 0 saturated carbocycles. The smallest absolute Gasteiger partial charge is 0.302 e. The van der Waals surface area contributed by atoms with E-state index in [1.165, 1.54) is 6.92 Å². The molecule has 0 saturated heterocycles. The number of rotatable bonds is 5. The second-order valence-corrected chi connectivity index (χ2v) is 8.58. The minimum atomic E-state index is -0.380. The van der Waals surface area contributed by atoms with Crippen molar-refractivity contribution in [3.05, 3.63) is 79.7 Å². The maximum Gasteiger partial charge on any atom is 0.302 e. The number of carbonyl (C=O) groups excluding carboxylic acids is 1. The van der Waals surface area contributed by atoms with E-state index in [2.05, 4.69) is 10.3 Å². The molecule has 2 aromatic carbocycles. The maximum absolute atomic E-state index is 13.4. The first-order valence-corrected chi connectivity index (χ1v) is 11.1. The number of carbonyl (C=O) groups is 1. The Balaban J connectivity index is 1.79. The standard InChI is InChI=1S/C24H23Cl2N3O3/c1-4-29-23(13(2)27-22(24(29)31)18-10-9-16(25)12-19(18)26)28-21-17-8-6-5-7-15(17)11-20(21)32-14(3)30/h5-10,12,20-21,28H,4,11H2,1-3H3/t20-,21-/m0/s1. The van der Waals surface area contributed by atoms with Gasteiger partial charge in [-0.25, -0.2) is 4.98 Å². The van der Waals surface area contributed by atoms with Crippen LogP contribution in [-0.2, 0) is 22.5 Å². The minimum Gasteiger partial charge on any atom is -0.460 e. The highest BCUT2D eigenvalue weighted by molar-refractivity contribution is 6.36. The molecule has 1 aliphatic carbocycles. The molecular formula is C24H23Cl2N3O3. The van der Waals surface area contributed by atoms with Crippen LogP contribution in [0.2, 0.25) is 10.0 Å². The van der Waals surface area contributed by atoms with Crippen molar-refractivity contribution in [1.82, 2.24) is 9.55 Å². The van der Waals surface area contributed by atoms with Crippen LogP contribution < -0.4 is 10.9 Å². The zero-order chi connectivity index (χ0) is 23.0. The van der Waals surface area contributed by atoms with Crippen LogP contribution in [-0.4, -0.2) is 21.6 Å². The molecule has 8 heteroatoms. The molecule has 1 aliphatic rings. The first-order valence-electron chi connectivity index (χ1n) is 10.4. The number of hydrogen-bond donors (Lipinski definition) is 1. The molecule has 1 N–H and O–H groups in total. The molecule has 0 amide bonds. The highest BCUT2D eigenvalue weighted by atomic mass is 35.5. The Labute approximate surface area is 196 Å². The lowest BCUT2D eigenvalue weighted by molar-refractivity contribution is -0.146. The first-order chi connectivity index (χ1) is 15.3. The van der Waals surface area contributed by atoms with Gasteiger partial charge >= 0.3 is 5.97 Å². The molecule has 3 aromatic rings. The maximum atomic E-state index is 13.4. The molecule has 0 bridgehead atoms. The van der Waals surface area contributed by atoms with Crippen LogP contribution >= 0.6 is 23.2 Å². The van der Waals surface area contributed by atoms with Gasteiger partial charge in [0.2, 0.25) is 0 Å². The van der Waals surface area contributed by atoms with Crippen LogP contribution in [0.25, 0.3) is 11.3 Å². The quantitative estimate of drug-likeness (QED) is 0.518. The van der Waals surface area contributed by atoms with Crippen LogP contribution in [0.15, 0.2) is 47.3 Å². The summed E-state index contributed by atoms with van der Waals surface area (Å²) in [6, 6.07) is 12.6. The van der Waals surface area contributed by atoms with Crippen LogP contribution in [0.4, 0.5) is 5.82 Å². The zero-order valence-corrected chi connectivity index (χ0v) is 19.5. The number of anilines is 1. The van der Waals surface area contributed by atoms with Crippen LogP contribution in [0.3, 0.4) is 0 Å². The van der Waals surface area contributed by atoms with Crippen molar-refractivity contribution in [2.45, 2.75) is 45.9 Å². The van der Waals surface area contributed by atoms with E-state index < -0.39 is 0 Å². The fraction of sp³-hybridized carbons (Fsp3) is 0.292. The number of halogens is 2. The largest absolute Gasteiger partial charge is 0.460 e. The van der Waals surface area contributed by atoms with Gasteiger partial charge in [-0.15, -0.1) is 0 Å². The van der Waals surface area contributed by atoms with Gasteiger partial charge in [0.25, 0.3) is 5.56 Å². The van der Waals surface area contributed by atoms with E-state index in [9.17, 15) is 9.59 Å². The van der Waals surface area contributed by atoms with Gasteiger partial charge in [-0.3, -0.25) is 14.2 Å². The van der Waals surface area contributed by atoms with Gasteiger partial charge in [-0.2, -0.15) is 0 Å². The van der Waals surface area contributed by atoms with Gasteiger partial charge in [-0.05, 0) is 43.2 Å². The molecule has 2 atom stereocenters. The summed E-state index contributed by atoms with van der Waals surface area (Å²) >= 11 is 12.4. The lowest BCUT2D eigenvalue weighted by Crippen LogP contribution is -2.32. The molecule has 0 unspecified atom stereocenters. The van der Waals surface area contributed by atoms with Crippen molar-refractivity contribution in [3.8, 4) is 11.3 Å². The average molecular weight is 472 g/mol. The lowest BCUT2D eigenvalue weighted by atomic mass is 10.1. The summed E-state index contributed by atoms with van der Waals surface area (Å²) in [5, 5.41) is 4.31. The number of nitrogens with one attached hydrogen (secondary N) is 1. The predicted octanol–water partition coefficient (Wildman–Crippen LogP) is 5.19. The molecule has 1 heterocycles. The summed E-state index contributed by atoms with van der Waals surface area (Å²) in [6.07, 6.45) is 0.226. The Hall–Kier alpha value is -2.83. The fourth-order valence-corrected chi connectivity index (χ4v) is 4.73. The average Bonchev–Trinajstić information content (AvgIpc) is 3.07. The second kappa shape index (κ2) is 8.96. The summed E-state index contributed by atoms with van der Waals surface area (Å²) in [5.74, 6) is 0.246. The van der Waals surface area contributed by atoms with Gasteiger partial charge in [0.05, 0.1) is 16.8 Å². The number of aryl methyl sites for hydroxylation is 1. The number of nitrogens with zero attached hydrogens (tertiary/aromatic N) is 2. The highest BCUT2D eigenvalue weighted by Crippen LogP contribution is 2.37. The number of esters is 1. The molecular weight excluding hydrogens is 449 g/mol. The number of ether oxygens (including phenoxy) is 1. The van der Waals surface area contributed by atoms with E-state index >= 15 is 0 Å². The van der Waals surface area contributed by atoms with Gasteiger partial charge in [0.1, 0.15) is 17.6 Å². The summed E-state index contributed by atoms with van der Waals surface area (Å²) in [7, 11) is 0. The second-order valence-electron chi connectivity index (χ2n) is 7.74. The Morgan fingerprint density at radius 3 is 2.69 bits per heavy atom. The Morgan fingerprint density at radius 2 is 2.00 bits per heavy atom. The topological polar surface area (TPSA) is 73.2 Å². The molecule has 0 radical (unpaired) electrons. The number of benzene rings is 2. The normalized spacial score (nSPS) is 17.2. The molecule has 4 rings (SSSR count). The van der Waals surface area contributed by atoms with Crippen molar-refractivity contribution in [3.63, 3.8) is 0 Å². The third-order valence-corrected chi connectivity index (χ3v) is 6.18. The van der Waals surface area contributed by atoms with Crippen molar-refractivity contribution in [1.29, 1.82) is 0 Å². The van der Waals surface area contributed by atoms with E-state index in [0.29, 0.717) is 40.1 Å². The molecule has 1 aromatic heterocycles. The Bertz CT molecular complexity index is 1260. The molecule has 166 valence electrons. The Kier molecular flexibility index (Phi) is 6.26. The lowest BCUT2D eigenvalue weighted by Gasteiger charge is -2.25. The molecule has 0 aliphatic heterocycles. The third-order valence-electron chi connectivity index (χ3n) is 5.63. The number of fused-ring (bicyclic) bond motifs is 1. The summed E-state index contributed by atoms with van der Waals surface area (Å²) in [4.78, 5) is 29.7. The van der Waals surface area contributed by atoms with Crippen molar-refractivity contribution in [2.75, 3.05) is 5.32 Å². The van der Waals surface area contributed by atoms with Gasteiger partial charge < -0.3 is 10.1 Å². The van der Waals surface area contributed by atoms with E-state index in [4.69, 9.17) is 27.9 Å². The minimum absolute atomic E-state index is 0.264. The van der Waals surface area contributed by atoms with E-state index in [-0.39, 0.29) is 29.4 Å².